The van der Waals surface area contributed by atoms with Crippen LogP contribution in [0, 0.1) is 0 Å². The number of nitrogens with one attached hydrogen (secondary N) is 1. The first-order valence-electron chi connectivity index (χ1n) is 5.33. The Kier molecular flexibility index (Phi) is 2.96. The van der Waals surface area contributed by atoms with Crippen molar-refractivity contribution in [3.8, 4) is 0 Å². The van der Waals surface area contributed by atoms with Gasteiger partial charge >= 0.3 is 0 Å². The Morgan fingerprint density at radius 1 is 1.15 bits per heavy atom. The maximum atomic E-state index is 11.1. The van der Waals surface area contributed by atoms with Gasteiger partial charge in [-0.1, -0.05) is 0 Å². The van der Waals surface area contributed by atoms with Gasteiger partial charge in [-0.3, -0.25) is 9.69 Å². The minimum Gasteiger partial charge on any atom is -0.314 e. The van der Waals surface area contributed by atoms with Crippen LogP contribution in [0.3, 0.4) is 0 Å². The molecule has 2 aliphatic rings. The molecule has 3 nitrogen and oxygen atoms in total. The third kappa shape index (κ3) is 2.29. The Bertz CT molecular complexity index is 177. The lowest BCUT2D eigenvalue weighted by atomic mass is 9.93. The van der Waals surface area contributed by atoms with Crippen LogP contribution >= 0.6 is 0 Å². The Morgan fingerprint density at radius 3 is 2.38 bits per heavy atom. The van der Waals surface area contributed by atoms with Crippen molar-refractivity contribution in [1.82, 2.24) is 10.2 Å². The van der Waals surface area contributed by atoms with Crippen LogP contribution in [-0.2, 0) is 4.79 Å². The highest BCUT2D eigenvalue weighted by atomic mass is 16.1. The van der Waals surface area contributed by atoms with E-state index in [2.05, 4.69) is 10.2 Å². The van der Waals surface area contributed by atoms with Crippen LogP contribution in [0.25, 0.3) is 0 Å². The quantitative estimate of drug-likeness (QED) is 0.637. The lowest BCUT2D eigenvalue weighted by Crippen LogP contribution is -2.49. The van der Waals surface area contributed by atoms with Gasteiger partial charge < -0.3 is 5.32 Å². The van der Waals surface area contributed by atoms with Crippen molar-refractivity contribution in [2.45, 2.75) is 31.7 Å². The lowest BCUT2D eigenvalue weighted by molar-refractivity contribution is -0.121. The van der Waals surface area contributed by atoms with Gasteiger partial charge in [0.1, 0.15) is 5.78 Å². The van der Waals surface area contributed by atoms with Gasteiger partial charge in [0.2, 0.25) is 0 Å². The summed E-state index contributed by atoms with van der Waals surface area (Å²) in [5, 5.41) is 3.35. The first kappa shape index (κ1) is 9.16. The molecule has 1 aliphatic carbocycles. The van der Waals surface area contributed by atoms with Crippen LogP contribution in [0.2, 0.25) is 0 Å². The molecule has 1 aliphatic heterocycles. The van der Waals surface area contributed by atoms with Gasteiger partial charge in [-0.05, 0) is 12.8 Å². The second-order valence-electron chi connectivity index (χ2n) is 4.06. The summed E-state index contributed by atoms with van der Waals surface area (Å²) in [6.45, 7) is 4.56. The molecule has 2 rings (SSSR count). The van der Waals surface area contributed by atoms with E-state index in [1.54, 1.807) is 0 Å². The number of carbonyl (C=O) groups excluding carboxylic acids is 1. The summed E-state index contributed by atoms with van der Waals surface area (Å²) in [7, 11) is 0. The summed E-state index contributed by atoms with van der Waals surface area (Å²) >= 11 is 0. The van der Waals surface area contributed by atoms with Gasteiger partial charge in [0.05, 0.1) is 0 Å². The molecule has 0 aromatic carbocycles. The van der Waals surface area contributed by atoms with E-state index >= 15 is 0 Å². The first-order valence-corrected chi connectivity index (χ1v) is 5.33. The SMILES string of the molecule is O=C1CCC(N2CCNCC2)CC1. The zero-order chi connectivity index (χ0) is 9.10. The van der Waals surface area contributed by atoms with E-state index in [0.717, 1.165) is 38.8 Å². The van der Waals surface area contributed by atoms with Crippen molar-refractivity contribution >= 4 is 5.78 Å². The number of carbonyl (C=O) groups is 1. The Hall–Kier alpha value is -0.410. The molecular weight excluding hydrogens is 164 g/mol. The van der Waals surface area contributed by atoms with Crippen molar-refractivity contribution in [2.75, 3.05) is 26.2 Å². The Morgan fingerprint density at radius 2 is 1.77 bits per heavy atom. The van der Waals surface area contributed by atoms with E-state index in [1.807, 2.05) is 0 Å². The van der Waals surface area contributed by atoms with E-state index in [4.69, 9.17) is 0 Å². The molecule has 1 saturated heterocycles. The smallest absolute Gasteiger partial charge is 0.133 e. The molecule has 0 aromatic heterocycles. The topological polar surface area (TPSA) is 32.3 Å². The highest BCUT2D eigenvalue weighted by molar-refractivity contribution is 5.79. The molecule has 74 valence electrons. The van der Waals surface area contributed by atoms with Crippen molar-refractivity contribution in [1.29, 1.82) is 0 Å². The zero-order valence-electron chi connectivity index (χ0n) is 8.09. The molecule has 3 heteroatoms. The summed E-state index contributed by atoms with van der Waals surface area (Å²) in [6.07, 6.45) is 3.82. The third-order valence-corrected chi connectivity index (χ3v) is 3.18. The Balaban J connectivity index is 1.82. The highest BCUT2D eigenvalue weighted by Crippen LogP contribution is 2.20. The van der Waals surface area contributed by atoms with Crippen molar-refractivity contribution < 1.29 is 4.79 Å². The second kappa shape index (κ2) is 4.20. The number of piperazine rings is 1. The number of Topliss-reactive ketones (excluding diaryl/α,β-unsaturated/α-hetero) is 1. The van der Waals surface area contributed by atoms with Crippen LogP contribution < -0.4 is 5.32 Å². The minimum absolute atomic E-state index is 0.464. The summed E-state index contributed by atoms with van der Waals surface area (Å²) in [4.78, 5) is 13.6. The lowest BCUT2D eigenvalue weighted by Gasteiger charge is -2.36. The van der Waals surface area contributed by atoms with E-state index in [9.17, 15) is 4.79 Å². The molecule has 1 N–H and O–H groups in total. The fourth-order valence-corrected chi connectivity index (χ4v) is 2.34. The monoisotopic (exact) mass is 182 g/mol. The van der Waals surface area contributed by atoms with Crippen LogP contribution in [-0.4, -0.2) is 42.9 Å². The van der Waals surface area contributed by atoms with E-state index < -0.39 is 0 Å². The van der Waals surface area contributed by atoms with Crippen LogP contribution in [0.15, 0.2) is 0 Å². The summed E-state index contributed by atoms with van der Waals surface area (Å²) < 4.78 is 0. The van der Waals surface area contributed by atoms with Gasteiger partial charge in [-0.15, -0.1) is 0 Å². The van der Waals surface area contributed by atoms with E-state index in [1.165, 1.54) is 13.1 Å². The maximum Gasteiger partial charge on any atom is 0.133 e. The largest absolute Gasteiger partial charge is 0.314 e. The average molecular weight is 182 g/mol. The highest BCUT2D eigenvalue weighted by Gasteiger charge is 2.24. The molecular formula is C10H18N2O. The van der Waals surface area contributed by atoms with Gasteiger partial charge in [-0.25, -0.2) is 0 Å². The van der Waals surface area contributed by atoms with Crippen LogP contribution in [0.4, 0.5) is 0 Å². The number of hydrogen-bond acceptors (Lipinski definition) is 3. The first-order chi connectivity index (χ1) is 6.36. The standard InChI is InChI=1S/C10H18N2O/c13-10-3-1-9(2-4-10)12-7-5-11-6-8-12/h9,11H,1-8H2. The molecule has 0 radical (unpaired) electrons. The number of nitrogens with zero attached hydrogens (tertiary/aromatic N) is 1. The summed E-state index contributed by atoms with van der Waals surface area (Å²) in [5.74, 6) is 0.464. The third-order valence-electron chi connectivity index (χ3n) is 3.18. The van der Waals surface area contributed by atoms with E-state index in [0.29, 0.717) is 11.8 Å². The van der Waals surface area contributed by atoms with Crippen molar-refractivity contribution in [3.05, 3.63) is 0 Å². The molecule has 0 amide bonds. The predicted octanol–water partition coefficient (Wildman–Crippen LogP) is 0.403. The van der Waals surface area contributed by atoms with Gasteiger partial charge in [-0.2, -0.15) is 0 Å². The van der Waals surface area contributed by atoms with Gasteiger partial charge in [0.25, 0.3) is 0 Å². The molecule has 0 bridgehead atoms. The molecule has 13 heavy (non-hydrogen) atoms. The predicted molar refractivity (Wildman–Crippen MR) is 51.7 cm³/mol. The van der Waals surface area contributed by atoms with Gasteiger partial charge in [0.15, 0.2) is 0 Å². The van der Waals surface area contributed by atoms with Gasteiger partial charge in [0, 0.05) is 45.1 Å². The molecule has 2 fully saturated rings. The van der Waals surface area contributed by atoms with Crippen molar-refractivity contribution in [2.24, 2.45) is 0 Å². The Labute approximate surface area is 79.5 Å². The fourth-order valence-electron chi connectivity index (χ4n) is 2.34. The number of ketones is 1. The van der Waals surface area contributed by atoms with Crippen LogP contribution in [0.1, 0.15) is 25.7 Å². The van der Waals surface area contributed by atoms with Crippen LogP contribution in [0.5, 0.6) is 0 Å². The fraction of sp³-hybridized carbons (Fsp3) is 0.900. The second-order valence-corrected chi connectivity index (χ2v) is 4.06. The van der Waals surface area contributed by atoms with Crippen molar-refractivity contribution in [3.63, 3.8) is 0 Å². The molecule has 0 spiro atoms. The molecule has 0 atom stereocenters. The average Bonchev–Trinajstić information content (AvgIpc) is 2.20. The maximum absolute atomic E-state index is 11.1. The minimum atomic E-state index is 0.464. The molecule has 1 heterocycles. The molecule has 0 aromatic rings. The van der Waals surface area contributed by atoms with E-state index in [-0.39, 0.29) is 0 Å². The zero-order valence-corrected chi connectivity index (χ0v) is 8.09. The summed E-state index contributed by atoms with van der Waals surface area (Å²) in [6, 6.07) is 0.694. The molecule has 0 unspecified atom stereocenters. The number of hydrogen-bond donors (Lipinski definition) is 1. The normalized spacial score (nSPS) is 27.8. The number of rotatable bonds is 1. The molecule has 1 saturated carbocycles. The summed E-state index contributed by atoms with van der Waals surface area (Å²) in [5.41, 5.74) is 0.